The van der Waals surface area contributed by atoms with Crippen LogP contribution in [-0.4, -0.2) is 10.0 Å². The number of phenolic OH excluding ortho intramolecular Hbond substituents is 1. The second kappa shape index (κ2) is 5.55. The predicted octanol–water partition coefficient (Wildman–Crippen LogP) is 3.59. The Bertz CT molecular complexity index is 557. The molecule has 0 heterocycles. The normalized spacial score (nSPS) is 10.2. The molecule has 0 saturated heterocycles. The van der Waals surface area contributed by atoms with E-state index in [1.807, 2.05) is 30.3 Å². The number of nitro groups is 1. The Hall–Kier alpha value is -2.01. The zero-order chi connectivity index (χ0) is 13.0. The third kappa shape index (κ3) is 3.01. The average Bonchev–Trinajstić information content (AvgIpc) is 2.38. The largest absolute Gasteiger partial charge is 0.507 e. The SMILES string of the molecule is O=[N+]([O-])c1ccc(SCc2ccccc2)c(O)c1. The number of phenols is 1. The highest BCUT2D eigenvalue weighted by Gasteiger charge is 2.10. The minimum Gasteiger partial charge on any atom is -0.507 e. The van der Waals surface area contributed by atoms with Gasteiger partial charge in [0, 0.05) is 16.7 Å². The van der Waals surface area contributed by atoms with Gasteiger partial charge in [0.15, 0.2) is 0 Å². The van der Waals surface area contributed by atoms with Crippen molar-refractivity contribution in [2.75, 3.05) is 0 Å². The van der Waals surface area contributed by atoms with Crippen LogP contribution in [0.5, 0.6) is 5.75 Å². The van der Waals surface area contributed by atoms with E-state index in [-0.39, 0.29) is 11.4 Å². The molecule has 2 aromatic carbocycles. The quantitative estimate of drug-likeness (QED) is 0.519. The number of rotatable bonds is 4. The number of aromatic hydroxyl groups is 1. The molecule has 0 bridgehead atoms. The molecule has 0 aliphatic carbocycles. The molecule has 0 aliphatic heterocycles. The van der Waals surface area contributed by atoms with Gasteiger partial charge in [-0.15, -0.1) is 11.8 Å². The minimum atomic E-state index is -0.522. The maximum atomic E-state index is 10.5. The topological polar surface area (TPSA) is 63.4 Å². The number of thioether (sulfide) groups is 1. The van der Waals surface area contributed by atoms with Crippen molar-refractivity contribution in [1.82, 2.24) is 0 Å². The van der Waals surface area contributed by atoms with Crippen LogP contribution in [0.3, 0.4) is 0 Å². The summed E-state index contributed by atoms with van der Waals surface area (Å²) < 4.78 is 0. The van der Waals surface area contributed by atoms with Crippen molar-refractivity contribution < 1.29 is 10.0 Å². The standard InChI is InChI=1S/C13H11NO3S/c15-12-8-11(14(16)17)6-7-13(12)18-9-10-4-2-1-3-5-10/h1-8,15H,9H2. The molecule has 92 valence electrons. The molecular formula is C13H11NO3S. The Labute approximate surface area is 108 Å². The van der Waals surface area contributed by atoms with Crippen LogP contribution in [0.15, 0.2) is 53.4 Å². The lowest BCUT2D eigenvalue weighted by Crippen LogP contribution is -1.87. The van der Waals surface area contributed by atoms with Crippen molar-refractivity contribution in [1.29, 1.82) is 0 Å². The summed E-state index contributed by atoms with van der Waals surface area (Å²) in [4.78, 5) is 10.7. The lowest BCUT2D eigenvalue weighted by atomic mass is 10.2. The molecule has 2 rings (SSSR count). The highest BCUT2D eigenvalue weighted by molar-refractivity contribution is 7.98. The van der Waals surface area contributed by atoms with Gasteiger partial charge in [0.25, 0.3) is 5.69 Å². The molecule has 0 aromatic heterocycles. The van der Waals surface area contributed by atoms with Crippen molar-refractivity contribution >= 4 is 17.4 Å². The summed E-state index contributed by atoms with van der Waals surface area (Å²) in [6, 6.07) is 14.0. The molecule has 5 heteroatoms. The van der Waals surface area contributed by atoms with Crippen molar-refractivity contribution in [3.63, 3.8) is 0 Å². The van der Waals surface area contributed by atoms with E-state index in [2.05, 4.69) is 0 Å². The van der Waals surface area contributed by atoms with Crippen LogP contribution in [0.2, 0.25) is 0 Å². The Balaban J connectivity index is 2.08. The predicted molar refractivity (Wildman–Crippen MR) is 70.8 cm³/mol. The molecule has 0 unspecified atom stereocenters. The minimum absolute atomic E-state index is 0.0508. The second-order valence-corrected chi connectivity index (χ2v) is 4.70. The number of nitro benzene ring substituents is 1. The van der Waals surface area contributed by atoms with Crippen LogP contribution in [0.25, 0.3) is 0 Å². The van der Waals surface area contributed by atoms with Crippen molar-refractivity contribution in [3.8, 4) is 5.75 Å². The van der Waals surface area contributed by atoms with Crippen molar-refractivity contribution in [3.05, 3.63) is 64.2 Å². The Morgan fingerprint density at radius 3 is 2.50 bits per heavy atom. The lowest BCUT2D eigenvalue weighted by Gasteiger charge is -2.04. The fourth-order valence-electron chi connectivity index (χ4n) is 1.48. The fourth-order valence-corrected chi connectivity index (χ4v) is 2.36. The monoisotopic (exact) mass is 261 g/mol. The summed E-state index contributed by atoms with van der Waals surface area (Å²) in [5, 5.41) is 20.2. The molecule has 0 spiro atoms. The average molecular weight is 261 g/mol. The molecule has 0 fully saturated rings. The Morgan fingerprint density at radius 2 is 1.89 bits per heavy atom. The van der Waals surface area contributed by atoms with Crippen molar-refractivity contribution in [2.24, 2.45) is 0 Å². The van der Waals surface area contributed by atoms with Gasteiger partial charge < -0.3 is 5.11 Å². The van der Waals surface area contributed by atoms with Gasteiger partial charge >= 0.3 is 0 Å². The number of nitrogens with zero attached hydrogens (tertiary/aromatic N) is 1. The number of non-ortho nitro benzene ring substituents is 1. The first-order valence-corrected chi connectivity index (χ1v) is 6.29. The summed E-state index contributed by atoms with van der Waals surface area (Å²) in [6.07, 6.45) is 0. The molecule has 1 N–H and O–H groups in total. The number of hydrogen-bond acceptors (Lipinski definition) is 4. The summed E-state index contributed by atoms with van der Waals surface area (Å²) >= 11 is 1.45. The van der Waals surface area contributed by atoms with E-state index in [4.69, 9.17) is 0 Å². The van der Waals surface area contributed by atoms with Crippen LogP contribution in [0.4, 0.5) is 5.69 Å². The zero-order valence-corrected chi connectivity index (χ0v) is 10.3. The van der Waals surface area contributed by atoms with Crippen molar-refractivity contribution in [2.45, 2.75) is 10.6 Å². The van der Waals surface area contributed by atoms with E-state index in [0.29, 0.717) is 10.6 Å². The molecule has 4 nitrogen and oxygen atoms in total. The highest BCUT2D eigenvalue weighted by Crippen LogP contribution is 2.33. The van der Waals surface area contributed by atoms with Crippen LogP contribution in [-0.2, 0) is 5.75 Å². The van der Waals surface area contributed by atoms with E-state index in [1.165, 1.54) is 23.9 Å². The Morgan fingerprint density at radius 1 is 1.17 bits per heavy atom. The first-order chi connectivity index (χ1) is 8.66. The second-order valence-electron chi connectivity index (χ2n) is 3.68. The number of hydrogen-bond donors (Lipinski definition) is 1. The third-order valence-corrected chi connectivity index (χ3v) is 3.52. The number of benzene rings is 2. The van der Waals surface area contributed by atoms with Gasteiger partial charge in [-0.1, -0.05) is 30.3 Å². The first-order valence-electron chi connectivity index (χ1n) is 5.31. The maximum absolute atomic E-state index is 10.5. The maximum Gasteiger partial charge on any atom is 0.273 e. The van der Waals surface area contributed by atoms with Crippen LogP contribution >= 0.6 is 11.8 Å². The van der Waals surface area contributed by atoms with E-state index >= 15 is 0 Å². The van der Waals surface area contributed by atoms with Gasteiger partial charge in [-0.3, -0.25) is 10.1 Å². The van der Waals surface area contributed by atoms with Gasteiger partial charge in [0.1, 0.15) is 5.75 Å². The molecule has 2 aromatic rings. The van der Waals surface area contributed by atoms with Gasteiger partial charge in [-0.05, 0) is 11.6 Å². The molecule has 0 saturated carbocycles. The van der Waals surface area contributed by atoms with Crippen LogP contribution in [0, 0.1) is 10.1 Å². The third-order valence-electron chi connectivity index (χ3n) is 2.39. The van der Waals surface area contributed by atoms with Gasteiger partial charge in [-0.2, -0.15) is 0 Å². The summed E-state index contributed by atoms with van der Waals surface area (Å²) in [6.45, 7) is 0. The molecule has 0 aliphatic rings. The van der Waals surface area contributed by atoms with Gasteiger partial charge in [0.05, 0.1) is 11.0 Å². The van der Waals surface area contributed by atoms with E-state index in [1.54, 1.807) is 6.07 Å². The Kier molecular flexibility index (Phi) is 3.84. The van der Waals surface area contributed by atoms with E-state index in [0.717, 1.165) is 5.56 Å². The zero-order valence-electron chi connectivity index (χ0n) is 9.45. The van der Waals surface area contributed by atoms with E-state index < -0.39 is 4.92 Å². The van der Waals surface area contributed by atoms with Gasteiger partial charge in [-0.25, -0.2) is 0 Å². The van der Waals surface area contributed by atoms with Crippen LogP contribution < -0.4 is 0 Å². The first kappa shape index (κ1) is 12.4. The smallest absolute Gasteiger partial charge is 0.273 e. The molecule has 18 heavy (non-hydrogen) atoms. The molecule has 0 amide bonds. The summed E-state index contributed by atoms with van der Waals surface area (Å²) in [5.74, 6) is 0.664. The summed E-state index contributed by atoms with van der Waals surface area (Å²) in [7, 11) is 0. The van der Waals surface area contributed by atoms with Gasteiger partial charge in [0.2, 0.25) is 0 Å². The fraction of sp³-hybridized carbons (Fsp3) is 0.0769. The van der Waals surface area contributed by atoms with Crippen LogP contribution in [0.1, 0.15) is 5.56 Å². The van der Waals surface area contributed by atoms with E-state index in [9.17, 15) is 15.2 Å². The highest BCUT2D eigenvalue weighted by atomic mass is 32.2. The summed E-state index contributed by atoms with van der Waals surface area (Å²) in [5.41, 5.74) is 1.04. The molecular weight excluding hydrogens is 250 g/mol. The lowest BCUT2D eigenvalue weighted by molar-refractivity contribution is -0.385. The molecule has 0 atom stereocenters. The molecule has 0 radical (unpaired) electrons.